The molecule has 1 aliphatic rings. The normalized spacial score (nSPS) is 15.6. The van der Waals surface area contributed by atoms with Crippen LogP contribution < -0.4 is 10.9 Å². The zero-order valence-corrected chi connectivity index (χ0v) is 15.4. The lowest BCUT2D eigenvalue weighted by Crippen LogP contribution is -2.50. The molecular formula is C17H23F2N5O4. The number of alkyl halides is 2. The molecule has 2 rings (SSSR count). The van der Waals surface area contributed by atoms with Crippen molar-refractivity contribution >= 4 is 17.5 Å². The number of non-ortho nitro benzene ring substituents is 1. The Morgan fingerprint density at radius 2 is 2.00 bits per heavy atom. The van der Waals surface area contributed by atoms with E-state index in [0.717, 1.165) is 6.07 Å². The third-order valence-electron chi connectivity index (χ3n) is 4.61. The van der Waals surface area contributed by atoms with Crippen molar-refractivity contribution in [3.63, 3.8) is 0 Å². The summed E-state index contributed by atoms with van der Waals surface area (Å²) in [6, 6.07) is 5.21. The number of hydrogen-bond acceptors (Lipinski definition) is 6. The monoisotopic (exact) mass is 399 g/mol. The van der Waals surface area contributed by atoms with E-state index in [9.17, 15) is 28.5 Å². The summed E-state index contributed by atoms with van der Waals surface area (Å²) in [5.74, 6) is -1.09. The molecule has 9 nitrogen and oxygen atoms in total. The van der Waals surface area contributed by atoms with Gasteiger partial charge in [-0.25, -0.2) is 8.78 Å². The Balaban J connectivity index is 1.74. The van der Waals surface area contributed by atoms with Crippen molar-refractivity contribution in [1.82, 2.24) is 20.7 Å². The molecule has 0 spiro atoms. The maximum atomic E-state index is 12.5. The number of halogens is 2. The van der Waals surface area contributed by atoms with E-state index in [0.29, 0.717) is 25.9 Å². The van der Waals surface area contributed by atoms with Crippen LogP contribution in [0.25, 0.3) is 0 Å². The number of hydrogen-bond donors (Lipinski definition) is 2. The SMILES string of the molecule is CN(CC(F)F)C1CCN(CC(=O)NNC(=O)c2cccc([N+](=O)[O-])c2)CC1. The number of nitrogens with zero attached hydrogens (tertiary/aromatic N) is 3. The van der Waals surface area contributed by atoms with Gasteiger partial charge in [0, 0.05) is 36.8 Å². The molecule has 11 heteroatoms. The minimum absolute atomic E-state index is 0.0531. The first kappa shape index (κ1) is 21.6. The maximum absolute atomic E-state index is 12.5. The summed E-state index contributed by atoms with van der Waals surface area (Å²) < 4.78 is 24.9. The first-order chi connectivity index (χ1) is 13.3. The summed E-state index contributed by atoms with van der Waals surface area (Å²) >= 11 is 0. The molecule has 2 amide bonds. The molecule has 1 fully saturated rings. The summed E-state index contributed by atoms with van der Waals surface area (Å²) in [5, 5.41) is 10.7. The second-order valence-corrected chi connectivity index (χ2v) is 6.65. The van der Waals surface area contributed by atoms with Crippen LogP contribution >= 0.6 is 0 Å². The van der Waals surface area contributed by atoms with Crippen LogP contribution in [0.4, 0.5) is 14.5 Å². The van der Waals surface area contributed by atoms with Crippen LogP contribution in [0.2, 0.25) is 0 Å². The van der Waals surface area contributed by atoms with E-state index in [4.69, 9.17) is 0 Å². The van der Waals surface area contributed by atoms with Crippen LogP contribution in [0.5, 0.6) is 0 Å². The molecule has 2 N–H and O–H groups in total. The molecule has 1 aliphatic heterocycles. The predicted octanol–water partition coefficient (Wildman–Crippen LogP) is 1.02. The highest BCUT2D eigenvalue weighted by atomic mass is 19.3. The van der Waals surface area contributed by atoms with Crippen molar-refractivity contribution in [2.24, 2.45) is 0 Å². The minimum Gasteiger partial charge on any atom is -0.298 e. The Bertz CT molecular complexity index is 711. The molecule has 0 unspecified atom stereocenters. The molecule has 0 aromatic heterocycles. The number of carbonyl (C=O) groups is 2. The Kier molecular flexibility index (Phi) is 7.76. The highest BCUT2D eigenvalue weighted by molar-refractivity contribution is 5.96. The van der Waals surface area contributed by atoms with Gasteiger partial charge in [-0.2, -0.15) is 0 Å². The van der Waals surface area contributed by atoms with Gasteiger partial charge >= 0.3 is 0 Å². The van der Waals surface area contributed by atoms with E-state index in [1.165, 1.54) is 18.2 Å². The van der Waals surface area contributed by atoms with Crippen LogP contribution in [0.3, 0.4) is 0 Å². The van der Waals surface area contributed by atoms with Crippen molar-refractivity contribution in [2.45, 2.75) is 25.3 Å². The number of rotatable bonds is 7. The molecule has 0 atom stereocenters. The fourth-order valence-electron chi connectivity index (χ4n) is 3.09. The van der Waals surface area contributed by atoms with Gasteiger partial charge in [0.2, 0.25) is 0 Å². The highest BCUT2D eigenvalue weighted by Gasteiger charge is 2.25. The lowest BCUT2D eigenvalue weighted by atomic mass is 10.0. The van der Waals surface area contributed by atoms with Crippen LogP contribution in [-0.2, 0) is 4.79 Å². The lowest BCUT2D eigenvalue weighted by Gasteiger charge is -2.36. The molecule has 1 heterocycles. The Hall–Kier alpha value is -2.66. The molecule has 0 aliphatic carbocycles. The largest absolute Gasteiger partial charge is 0.298 e. The van der Waals surface area contributed by atoms with E-state index in [1.807, 2.05) is 4.90 Å². The van der Waals surface area contributed by atoms with Gasteiger partial charge in [-0.1, -0.05) is 6.07 Å². The molecule has 28 heavy (non-hydrogen) atoms. The summed E-state index contributed by atoms with van der Waals surface area (Å²) in [7, 11) is 1.67. The molecule has 1 aromatic carbocycles. The number of nitro benzene ring substituents is 1. The first-order valence-corrected chi connectivity index (χ1v) is 8.80. The zero-order valence-electron chi connectivity index (χ0n) is 15.4. The number of piperidine rings is 1. The van der Waals surface area contributed by atoms with Gasteiger partial charge < -0.3 is 0 Å². The number of nitrogens with one attached hydrogen (secondary N) is 2. The fraction of sp³-hybridized carbons (Fsp3) is 0.529. The minimum atomic E-state index is -2.37. The Morgan fingerprint density at radius 1 is 1.32 bits per heavy atom. The summed E-state index contributed by atoms with van der Waals surface area (Å²) in [6.45, 7) is 0.963. The number of hydrazine groups is 1. The summed E-state index contributed by atoms with van der Waals surface area (Å²) in [5.41, 5.74) is 4.33. The van der Waals surface area contributed by atoms with Gasteiger partial charge in [-0.15, -0.1) is 0 Å². The zero-order chi connectivity index (χ0) is 20.7. The molecular weight excluding hydrogens is 376 g/mol. The van der Waals surface area contributed by atoms with Crippen LogP contribution in [-0.4, -0.2) is 72.2 Å². The average Bonchev–Trinajstić information content (AvgIpc) is 2.66. The summed E-state index contributed by atoms with van der Waals surface area (Å²) in [6.07, 6.45) is -1.02. The highest BCUT2D eigenvalue weighted by Crippen LogP contribution is 2.16. The van der Waals surface area contributed by atoms with Gasteiger partial charge in [0.05, 0.1) is 18.0 Å². The third kappa shape index (κ3) is 6.50. The number of nitro groups is 1. The number of likely N-dealkylation sites (tertiary alicyclic amines) is 1. The quantitative estimate of drug-likeness (QED) is 0.524. The van der Waals surface area contributed by atoms with Gasteiger partial charge in [-0.05, 0) is 26.0 Å². The van der Waals surface area contributed by atoms with Crippen LogP contribution in [0.1, 0.15) is 23.2 Å². The van der Waals surface area contributed by atoms with E-state index in [-0.39, 0.29) is 30.4 Å². The van der Waals surface area contributed by atoms with Crippen molar-refractivity contribution < 1.29 is 23.3 Å². The Labute approximate surface area is 160 Å². The molecule has 154 valence electrons. The lowest BCUT2D eigenvalue weighted by molar-refractivity contribution is -0.384. The summed E-state index contributed by atoms with van der Waals surface area (Å²) in [4.78, 5) is 37.6. The molecule has 0 radical (unpaired) electrons. The van der Waals surface area contributed by atoms with Crippen molar-refractivity contribution in [2.75, 3.05) is 33.2 Å². The number of carbonyl (C=O) groups excluding carboxylic acids is 2. The van der Waals surface area contributed by atoms with Gasteiger partial charge in [0.15, 0.2) is 0 Å². The second kappa shape index (κ2) is 10.0. The van der Waals surface area contributed by atoms with Crippen molar-refractivity contribution in [3.05, 3.63) is 39.9 Å². The van der Waals surface area contributed by atoms with Gasteiger partial charge in [0.1, 0.15) is 0 Å². The topological polar surface area (TPSA) is 108 Å². The standard InChI is InChI=1S/C17H23F2N5O4/c1-22(10-15(18)19)13-5-7-23(8-6-13)11-16(25)20-21-17(26)12-3-2-4-14(9-12)24(27)28/h2-4,9,13,15H,5-8,10-11H2,1H3,(H,20,25)(H,21,26). The number of amides is 2. The van der Waals surface area contributed by atoms with Crippen molar-refractivity contribution in [3.8, 4) is 0 Å². The Morgan fingerprint density at radius 3 is 2.61 bits per heavy atom. The van der Waals surface area contributed by atoms with Crippen LogP contribution in [0, 0.1) is 10.1 Å². The van der Waals surface area contributed by atoms with Crippen molar-refractivity contribution in [1.29, 1.82) is 0 Å². The molecule has 0 saturated carbocycles. The third-order valence-corrected chi connectivity index (χ3v) is 4.61. The predicted molar refractivity (Wildman–Crippen MR) is 96.8 cm³/mol. The second-order valence-electron chi connectivity index (χ2n) is 6.65. The molecule has 1 aromatic rings. The smallest absolute Gasteiger partial charge is 0.270 e. The van der Waals surface area contributed by atoms with Gasteiger partial charge in [0.25, 0.3) is 23.9 Å². The molecule has 1 saturated heterocycles. The average molecular weight is 399 g/mol. The number of benzene rings is 1. The van der Waals surface area contributed by atoms with E-state index in [1.54, 1.807) is 11.9 Å². The van der Waals surface area contributed by atoms with E-state index < -0.39 is 23.2 Å². The van der Waals surface area contributed by atoms with Crippen LogP contribution in [0.15, 0.2) is 24.3 Å². The van der Waals surface area contributed by atoms with E-state index in [2.05, 4.69) is 10.9 Å². The van der Waals surface area contributed by atoms with E-state index >= 15 is 0 Å². The van der Waals surface area contributed by atoms with Gasteiger partial charge in [-0.3, -0.25) is 40.4 Å². The fourth-order valence-corrected chi connectivity index (χ4v) is 3.09. The molecule has 0 bridgehead atoms. The first-order valence-electron chi connectivity index (χ1n) is 8.80. The maximum Gasteiger partial charge on any atom is 0.270 e.